The summed E-state index contributed by atoms with van der Waals surface area (Å²) < 4.78 is 11.6. The summed E-state index contributed by atoms with van der Waals surface area (Å²) in [7, 11) is 0. The van der Waals surface area contributed by atoms with Gasteiger partial charge in [-0.3, -0.25) is 4.79 Å². The molecule has 5 heteroatoms. The Labute approximate surface area is 147 Å². The molecule has 0 aliphatic rings. The lowest BCUT2D eigenvalue weighted by molar-refractivity contribution is -0.118. The molecule has 0 atom stereocenters. The molecule has 0 heterocycles. The number of thioether (sulfide) groups is 1. The van der Waals surface area contributed by atoms with Crippen molar-refractivity contribution in [2.24, 2.45) is 5.92 Å². The highest BCUT2D eigenvalue weighted by molar-refractivity contribution is 7.99. The highest BCUT2D eigenvalue weighted by atomic mass is 32.2. The van der Waals surface area contributed by atoms with Crippen molar-refractivity contribution in [2.75, 3.05) is 31.3 Å². The molecule has 0 aromatic heterocycles. The first-order valence-electron chi connectivity index (χ1n) is 8.64. The van der Waals surface area contributed by atoms with E-state index in [4.69, 9.17) is 9.47 Å². The number of hydrogen-bond donors (Lipinski definition) is 1. The zero-order valence-corrected chi connectivity index (χ0v) is 17.0. The fraction of sp³-hybridized carbons (Fsp3) is 0.944. The molecule has 0 rings (SSSR count). The van der Waals surface area contributed by atoms with Gasteiger partial charge in [0.25, 0.3) is 0 Å². The quantitative estimate of drug-likeness (QED) is 0.544. The van der Waals surface area contributed by atoms with Gasteiger partial charge in [0.05, 0.1) is 17.0 Å². The smallest absolute Gasteiger partial charge is 0.229 e. The second-order valence-electron chi connectivity index (χ2n) is 7.93. The van der Waals surface area contributed by atoms with Crippen LogP contribution in [0.5, 0.6) is 0 Å². The third-order valence-corrected chi connectivity index (χ3v) is 4.43. The zero-order chi connectivity index (χ0) is 17.9. The lowest BCUT2D eigenvalue weighted by Crippen LogP contribution is -2.31. The SMILES string of the molecule is CC(C)CSCC(=O)NCCCOC(C)(C)CCOC(C)(C)C. The summed E-state index contributed by atoms with van der Waals surface area (Å²) >= 11 is 1.69. The van der Waals surface area contributed by atoms with Gasteiger partial charge in [-0.2, -0.15) is 11.8 Å². The molecule has 0 aromatic rings. The predicted molar refractivity (Wildman–Crippen MR) is 100 cm³/mol. The fourth-order valence-electron chi connectivity index (χ4n) is 1.76. The Morgan fingerprint density at radius 1 is 1.09 bits per heavy atom. The van der Waals surface area contributed by atoms with Crippen LogP contribution in [0.4, 0.5) is 0 Å². The number of hydrogen-bond acceptors (Lipinski definition) is 4. The molecule has 0 saturated heterocycles. The van der Waals surface area contributed by atoms with Crippen molar-refractivity contribution in [3.05, 3.63) is 0 Å². The molecular formula is C18H37NO3S. The van der Waals surface area contributed by atoms with Gasteiger partial charge in [0.2, 0.25) is 5.91 Å². The van der Waals surface area contributed by atoms with E-state index < -0.39 is 0 Å². The summed E-state index contributed by atoms with van der Waals surface area (Å²) in [5.74, 6) is 2.33. The van der Waals surface area contributed by atoms with Gasteiger partial charge in [-0.1, -0.05) is 13.8 Å². The summed E-state index contributed by atoms with van der Waals surface area (Å²) in [6.07, 6.45) is 1.70. The molecule has 23 heavy (non-hydrogen) atoms. The molecule has 0 bridgehead atoms. The molecule has 0 radical (unpaired) electrons. The van der Waals surface area contributed by atoms with Crippen LogP contribution in [0.1, 0.15) is 61.3 Å². The summed E-state index contributed by atoms with van der Waals surface area (Å²) in [5, 5.41) is 2.94. The van der Waals surface area contributed by atoms with E-state index in [0.29, 0.717) is 31.4 Å². The minimum absolute atomic E-state index is 0.103. The Hall–Kier alpha value is -0.260. The Bertz CT molecular complexity index is 325. The van der Waals surface area contributed by atoms with Gasteiger partial charge in [-0.05, 0) is 59.1 Å². The molecule has 0 fully saturated rings. The monoisotopic (exact) mass is 347 g/mol. The third kappa shape index (κ3) is 16.4. The van der Waals surface area contributed by atoms with Gasteiger partial charge >= 0.3 is 0 Å². The molecule has 0 aliphatic carbocycles. The van der Waals surface area contributed by atoms with Crippen LogP contribution in [-0.4, -0.2) is 48.4 Å². The van der Waals surface area contributed by atoms with Crippen LogP contribution in [0.2, 0.25) is 0 Å². The minimum atomic E-state index is -0.192. The Kier molecular flexibility index (Phi) is 11.2. The van der Waals surface area contributed by atoms with Crippen molar-refractivity contribution in [3.8, 4) is 0 Å². The predicted octanol–water partition coefficient (Wildman–Crippen LogP) is 3.88. The first-order valence-corrected chi connectivity index (χ1v) is 9.80. The van der Waals surface area contributed by atoms with Gasteiger partial charge in [-0.15, -0.1) is 0 Å². The van der Waals surface area contributed by atoms with Crippen LogP contribution < -0.4 is 5.32 Å². The maximum atomic E-state index is 11.6. The molecule has 0 unspecified atom stereocenters. The molecule has 0 spiro atoms. The summed E-state index contributed by atoms with van der Waals surface area (Å²) in [6.45, 7) is 16.7. The van der Waals surface area contributed by atoms with E-state index in [2.05, 4.69) is 53.8 Å². The second-order valence-corrected chi connectivity index (χ2v) is 8.96. The third-order valence-electron chi connectivity index (χ3n) is 3.06. The van der Waals surface area contributed by atoms with E-state index in [1.54, 1.807) is 11.8 Å². The average molecular weight is 348 g/mol. The van der Waals surface area contributed by atoms with Crippen molar-refractivity contribution < 1.29 is 14.3 Å². The van der Waals surface area contributed by atoms with Crippen molar-refractivity contribution >= 4 is 17.7 Å². The van der Waals surface area contributed by atoms with Gasteiger partial charge in [0.1, 0.15) is 0 Å². The number of ether oxygens (including phenoxy) is 2. The van der Waals surface area contributed by atoms with Gasteiger partial charge in [0.15, 0.2) is 0 Å². The Morgan fingerprint density at radius 3 is 2.30 bits per heavy atom. The first kappa shape index (κ1) is 22.7. The van der Waals surface area contributed by atoms with E-state index in [0.717, 1.165) is 18.6 Å². The molecule has 1 amide bonds. The second kappa shape index (κ2) is 11.3. The van der Waals surface area contributed by atoms with E-state index in [1.165, 1.54) is 0 Å². The molecule has 138 valence electrons. The largest absolute Gasteiger partial charge is 0.376 e. The van der Waals surface area contributed by atoms with Crippen LogP contribution in [0, 0.1) is 5.92 Å². The molecule has 0 aliphatic heterocycles. The molecule has 4 nitrogen and oxygen atoms in total. The van der Waals surface area contributed by atoms with Gasteiger partial charge < -0.3 is 14.8 Å². The molecule has 0 saturated carbocycles. The maximum absolute atomic E-state index is 11.6. The Balaban J connectivity index is 3.63. The van der Waals surface area contributed by atoms with Crippen molar-refractivity contribution in [1.29, 1.82) is 0 Å². The molecule has 1 N–H and O–H groups in total. The number of carbonyl (C=O) groups is 1. The van der Waals surface area contributed by atoms with Gasteiger partial charge in [0, 0.05) is 19.8 Å². The summed E-state index contributed by atoms with van der Waals surface area (Å²) in [4.78, 5) is 11.6. The van der Waals surface area contributed by atoms with Crippen molar-refractivity contribution in [2.45, 2.75) is 72.5 Å². The first-order chi connectivity index (χ1) is 10.5. The van der Waals surface area contributed by atoms with Crippen LogP contribution in [0.15, 0.2) is 0 Å². The van der Waals surface area contributed by atoms with E-state index in [1.807, 2.05) is 0 Å². The lowest BCUT2D eigenvalue weighted by Gasteiger charge is -2.28. The van der Waals surface area contributed by atoms with Crippen LogP contribution >= 0.6 is 11.8 Å². The van der Waals surface area contributed by atoms with E-state index in [-0.39, 0.29) is 17.1 Å². The van der Waals surface area contributed by atoms with Crippen molar-refractivity contribution in [1.82, 2.24) is 5.32 Å². The molecular weight excluding hydrogens is 310 g/mol. The summed E-state index contributed by atoms with van der Waals surface area (Å²) in [6, 6.07) is 0. The fourth-order valence-corrected chi connectivity index (χ4v) is 2.64. The zero-order valence-electron chi connectivity index (χ0n) is 16.2. The van der Waals surface area contributed by atoms with Crippen LogP contribution in [0.25, 0.3) is 0 Å². The van der Waals surface area contributed by atoms with E-state index >= 15 is 0 Å². The highest BCUT2D eigenvalue weighted by Crippen LogP contribution is 2.17. The normalized spacial score (nSPS) is 12.7. The average Bonchev–Trinajstić information content (AvgIpc) is 2.35. The molecule has 0 aromatic carbocycles. The van der Waals surface area contributed by atoms with Crippen LogP contribution in [0.3, 0.4) is 0 Å². The standard InChI is InChI=1S/C18H37NO3S/c1-15(2)13-23-14-16(20)19-10-8-11-22-18(6,7)9-12-21-17(3,4)5/h15H,8-14H2,1-7H3,(H,19,20). The van der Waals surface area contributed by atoms with Crippen LogP contribution in [-0.2, 0) is 14.3 Å². The number of rotatable bonds is 12. The number of amides is 1. The maximum Gasteiger partial charge on any atom is 0.229 e. The lowest BCUT2D eigenvalue weighted by atomic mass is 10.1. The number of carbonyl (C=O) groups excluding carboxylic acids is 1. The number of nitrogens with one attached hydrogen (secondary N) is 1. The highest BCUT2D eigenvalue weighted by Gasteiger charge is 2.20. The minimum Gasteiger partial charge on any atom is -0.376 e. The summed E-state index contributed by atoms with van der Waals surface area (Å²) in [5.41, 5.74) is -0.295. The Morgan fingerprint density at radius 2 is 1.74 bits per heavy atom. The van der Waals surface area contributed by atoms with E-state index in [9.17, 15) is 4.79 Å². The van der Waals surface area contributed by atoms with Gasteiger partial charge in [-0.25, -0.2) is 0 Å². The van der Waals surface area contributed by atoms with Crippen molar-refractivity contribution in [3.63, 3.8) is 0 Å². The topological polar surface area (TPSA) is 47.6 Å².